The van der Waals surface area contributed by atoms with Crippen LogP contribution in [0.2, 0.25) is 0 Å². The number of hydrogen-bond acceptors (Lipinski definition) is 7. The van der Waals surface area contributed by atoms with Crippen LogP contribution in [0.4, 0.5) is 0 Å². The Morgan fingerprint density at radius 1 is 1.16 bits per heavy atom. The fourth-order valence-corrected chi connectivity index (χ4v) is 3.93. The summed E-state index contributed by atoms with van der Waals surface area (Å²) in [6.45, 7) is 3.88. The van der Waals surface area contributed by atoms with Gasteiger partial charge in [-0.25, -0.2) is 4.79 Å². The molecule has 0 saturated carbocycles. The van der Waals surface area contributed by atoms with Gasteiger partial charge in [-0.15, -0.1) is 0 Å². The fourth-order valence-electron chi connectivity index (χ4n) is 3.44. The van der Waals surface area contributed by atoms with E-state index in [1.54, 1.807) is 25.6 Å². The normalized spacial score (nSPS) is 18.7. The summed E-state index contributed by atoms with van der Waals surface area (Å²) < 4.78 is 0. The maximum atomic E-state index is 13.2. The minimum atomic E-state index is -1.29. The molecule has 0 aromatic rings. The molecule has 4 amide bonds. The zero-order chi connectivity index (χ0) is 24.4. The van der Waals surface area contributed by atoms with Crippen molar-refractivity contribution in [2.24, 2.45) is 17.4 Å². The van der Waals surface area contributed by atoms with Crippen molar-refractivity contribution >= 4 is 41.4 Å². The summed E-state index contributed by atoms with van der Waals surface area (Å²) in [5.74, 6) is -2.94. The average molecular weight is 474 g/mol. The molecular formula is C20H35N5O6S. The Balaban J connectivity index is 2.87. The van der Waals surface area contributed by atoms with Gasteiger partial charge < -0.3 is 32.1 Å². The zero-order valence-electron chi connectivity index (χ0n) is 18.8. The number of carboxylic acid groups (broad SMARTS) is 1. The molecule has 1 aliphatic heterocycles. The second-order valence-electron chi connectivity index (χ2n) is 8.21. The van der Waals surface area contributed by atoms with Crippen molar-refractivity contribution in [3.63, 3.8) is 0 Å². The van der Waals surface area contributed by atoms with Crippen LogP contribution in [0.1, 0.15) is 46.0 Å². The maximum Gasteiger partial charge on any atom is 0.326 e. The number of hydrogen-bond donors (Lipinski definition) is 5. The Bertz CT molecular complexity index is 704. The van der Waals surface area contributed by atoms with Gasteiger partial charge in [0.1, 0.15) is 18.1 Å². The van der Waals surface area contributed by atoms with Crippen LogP contribution in [0, 0.1) is 5.92 Å². The number of primary amides is 1. The number of aliphatic carboxylic acids is 1. The average Bonchev–Trinajstić information content (AvgIpc) is 3.21. The van der Waals surface area contributed by atoms with Crippen molar-refractivity contribution in [3.05, 3.63) is 0 Å². The number of carbonyl (C=O) groups is 5. The third-order valence-electron chi connectivity index (χ3n) is 5.33. The Morgan fingerprint density at radius 2 is 1.81 bits per heavy atom. The second-order valence-corrected chi connectivity index (χ2v) is 9.20. The van der Waals surface area contributed by atoms with E-state index in [9.17, 15) is 29.1 Å². The van der Waals surface area contributed by atoms with Crippen LogP contribution in [0.15, 0.2) is 0 Å². The van der Waals surface area contributed by atoms with Gasteiger partial charge in [0, 0.05) is 13.0 Å². The molecule has 0 aliphatic carbocycles. The van der Waals surface area contributed by atoms with E-state index in [0.717, 1.165) is 0 Å². The number of carboxylic acids is 1. The minimum Gasteiger partial charge on any atom is -0.480 e. The molecule has 0 aromatic carbocycles. The quantitative estimate of drug-likeness (QED) is 0.226. The van der Waals surface area contributed by atoms with Gasteiger partial charge in [0.15, 0.2) is 0 Å². The lowest BCUT2D eigenvalue weighted by Crippen LogP contribution is -2.58. The van der Waals surface area contributed by atoms with Crippen LogP contribution in [0.5, 0.6) is 0 Å². The number of likely N-dealkylation sites (tertiary alicyclic amines) is 1. The van der Waals surface area contributed by atoms with E-state index in [0.29, 0.717) is 31.6 Å². The summed E-state index contributed by atoms with van der Waals surface area (Å²) in [7, 11) is 0. The van der Waals surface area contributed by atoms with Crippen molar-refractivity contribution in [2.75, 3.05) is 18.6 Å². The highest BCUT2D eigenvalue weighted by Crippen LogP contribution is 2.21. The Labute approximate surface area is 192 Å². The molecule has 182 valence electrons. The molecule has 32 heavy (non-hydrogen) atoms. The van der Waals surface area contributed by atoms with Gasteiger partial charge in [-0.1, -0.05) is 13.8 Å². The van der Waals surface area contributed by atoms with E-state index in [1.807, 2.05) is 6.26 Å². The third-order valence-corrected chi connectivity index (χ3v) is 5.98. The van der Waals surface area contributed by atoms with Gasteiger partial charge in [0.25, 0.3) is 0 Å². The van der Waals surface area contributed by atoms with Crippen molar-refractivity contribution in [2.45, 2.75) is 70.1 Å². The Hall–Kier alpha value is -2.34. The molecule has 4 unspecified atom stereocenters. The van der Waals surface area contributed by atoms with Gasteiger partial charge in [-0.2, -0.15) is 11.8 Å². The van der Waals surface area contributed by atoms with E-state index in [2.05, 4.69) is 10.6 Å². The van der Waals surface area contributed by atoms with E-state index in [-0.39, 0.29) is 18.8 Å². The predicted molar refractivity (Wildman–Crippen MR) is 120 cm³/mol. The molecule has 11 nitrogen and oxygen atoms in total. The van der Waals surface area contributed by atoms with Crippen LogP contribution in [0.25, 0.3) is 0 Å². The predicted octanol–water partition coefficient (Wildman–Crippen LogP) is -0.966. The molecule has 1 fully saturated rings. The number of carbonyl (C=O) groups excluding carboxylic acids is 4. The molecule has 1 heterocycles. The summed E-state index contributed by atoms with van der Waals surface area (Å²) in [4.78, 5) is 62.2. The molecule has 1 saturated heterocycles. The highest BCUT2D eigenvalue weighted by molar-refractivity contribution is 7.98. The summed E-state index contributed by atoms with van der Waals surface area (Å²) in [5, 5.41) is 14.4. The molecule has 1 rings (SSSR count). The third kappa shape index (κ3) is 8.30. The molecule has 4 atom stereocenters. The molecular weight excluding hydrogens is 438 g/mol. The summed E-state index contributed by atoms with van der Waals surface area (Å²) >= 11 is 1.57. The molecule has 0 bridgehead atoms. The number of nitrogens with two attached hydrogens (primary N) is 2. The lowest BCUT2D eigenvalue weighted by atomic mass is 10.0. The summed E-state index contributed by atoms with van der Waals surface area (Å²) in [5.41, 5.74) is 11.0. The Morgan fingerprint density at radius 3 is 2.34 bits per heavy atom. The molecule has 0 aromatic heterocycles. The van der Waals surface area contributed by atoms with E-state index < -0.39 is 53.8 Å². The molecule has 12 heteroatoms. The van der Waals surface area contributed by atoms with E-state index in [1.165, 1.54) is 4.90 Å². The lowest BCUT2D eigenvalue weighted by molar-refractivity contribution is -0.145. The molecule has 0 spiro atoms. The number of amides is 4. The standard InChI is InChI=1S/C20H35N5O6S/c1-11(2)16(24-17(27)12(21)8-10-32-3)19(29)25-9-4-5-14(25)18(28)23-13(20(30)31)6-7-15(22)26/h11-14,16H,4-10,21H2,1-3H3,(H2,22,26)(H,23,28)(H,24,27)(H,30,31). The van der Waals surface area contributed by atoms with Gasteiger partial charge in [-0.3, -0.25) is 19.2 Å². The zero-order valence-corrected chi connectivity index (χ0v) is 19.7. The van der Waals surface area contributed by atoms with Crippen molar-refractivity contribution in [1.29, 1.82) is 0 Å². The first-order valence-electron chi connectivity index (χ1n) is 10.7. The summed E-state index contributed by atoms with van der Waals surface area (Å²) in [6.07, 6.45) is 2.98. The van der Waals surface area contributed by atoms with Gasteiger partial charge in [-0.05, 0) is 43.6 Å². The van der Waals surface area contributed by atoms with Crippen LogP contribution in [-0.2, 0) is 24.0 Å². The molecule has 0 radical (unpaired) electrons. The van der Waals surface area contributed by atoms with E-state index in [4.69, 9.17) is 11.5 Å². The van der Waals surface area contributed by atoms with Gasteiger partial charge >= 0.3 is 5.97 Å². The second kappa shape index (κ2) is 13.3. The van der Waals surface area contributed by atoms with Crippen molar-refractivity contribution in [1.82, 2.24) is 15.5 Å². The Kier molecular flexibility index (Phi) is 11.5. The van der Waals surface area contributed by atoms with Gasteiger partial charge in [0.05, 0.1) is 6.04 Å². The number of nitrogens with zero attached hydrogens (tertiary/aromatic N) is 1. The lowest BCUT2D eigenvalue weighted by Gasteiger charge is -2.31. The highest BCUT2D eigenvalue weighted by atomic mass is 32.2. The minimum absolute atomic E-state index is 0.143. The largest absolute Gasteiger partial charge is 0.480 e. The van der Waals surface area contributed by atoms with Crippen molar-refractivity contribution in [3.8, 4) is 0 Å². The van der Waals surface area contributed by atoms with Crippen molar-refractivity contribution < 1.29 is 29.1 Å². The van der Waals surface area contributed by atoms with Crippen LogP contribution in [0.3, 0.4) is 0 Å². The number of nitrogens with one attached hydrogen (secondary N) is 2. The summed E-state index contributed by atoms with van der Waals surface area (Å²) in [6, 6.07) is -3.75. The SMILES string of the molecule is CSCCC(N)C(=O)NC(C(=O)N1CCCC1C(=O)NC(CCC(N)=O)C(=O)O)C(C)C. The first-order chi connectivity index (χ1) is 15.0. The number of thioether (sulfide) groups is 1. The topological polar surface area (TPSA) is 185 Å². The number of rotatable bonds is 13. The first kappa shape index (κ1) is 27.7. The molecule has 7 N–H and O–H groups in total. The van der Waals surface area contributed by atoms with Crippen LogP contribution >= 0.6 is 11.8 Å². The van der Waals surface area contributed by atoms with Crippen LogP contribution in [-0.4, -0.2) is 82.3 Å². The monoisotopic (exact) mass is 473 g/mol. The smallest absolute Gasteiger partial charge is 0.326 e. The van der Waals surface area contributed by atoms with Crippen LogP contribution < -0.4 is 22.1 Å². The highest BCUT2D eigenvalue weighted by Gasteiger charge is 2.40. The first-order valence-corrected chi connectivity index (χ1v) is 12.1. The molecule has 1 aliphatic rings. The maximum absolute atomic E-state index is 13.2. The van der Waals surface area contributed by atoms with E-state index >= 15 is 0 Å². The fraction of sp³-hybridized carbons (Fsp3) is 0.750. The van der Waals surface area contributed by atoms with Gasteiger partial charge in [0.2, 0.25) is 23.6 Å².